The molecular weight excluding hydrogens is 198 g/mol. The lowest BCUT2D eigenvalue weighted by Gasteiger charge is -2.17. The summed E-state index contributed by atoms with van der Waals surface area (Å²) in [6.45, 7) is 2.23. The largest absolute Gasteiger partial charge is 0.348 e. The number of nitrogens with zero attached hydrogens (tertiary/aromatic N) is 2. The number of imidazole rings is 1. The molecule has 0 saturated heterocycles. The van der Waals surface area contributed by atoms with Crippen LogP contribution in [0.2, 0.25) is 0 Å². The molecule has 2 heterocycles. The summed E-state index contributed by atoms with van der Waals surface area (Å²) in [6.07, 6.45) is 8.75. The minimum atomic E-state index is 0.552. The molecule has 2 aromatic rings. The molecule has 1 aliphatic rings. The number of hydrogen-bond donors (Lipinski definition) is 1. The van der Waals surface area contributed by atoms with E-state index < -0.39 is 0 Å². The lowest BCUT2D eigenvalue weighted by Crippen LogP contribution is -2.07. The molecule has 1 N–H and O–H groups in total. The molecular formula is C13H13N3. The molecule has 3 rings (SSSR count). The number of hydrogen-bond acceptors (Lipinski definition) is 2. The smallest absolute Gasteiger partial charge is 0.0929 e. The molecule has 0 aliphatic heterocycles. The third-order valence-electron chi connectivity index (χ3n) is 2.94. The molecule has 0 saturated carbocycles. The van der Waals surface area contributed by atoms with Gasteiger partial charge in [0.1, 0.15) is 0 Å². The van der Waals surface area contributed by atoms with E-state index in [9.17, 15) is 0 Å². The maximum Gasteiger partial charge on any atom is 0.0929 e. The highest BCUT2D eigenvalue weighted by atomic mass is 14.9. The number of aromatic nitrogens is 3. The Hall–Kier alpha value is -1.90. The Morgan fingerprint density at radius 1 is 1.31 bits per heavy atom. The predicted molar refractivity (Wildman–Crippen MR) is 62.8 cm³/mol. The molecule has 1 unspecified atom stereocenters. The van der Waals surface area contributed by atoms with Gasteiger partial charge in [-0.15, -0.1) is 0 Å². The van der Waals surface area contributed by atoms with Crippen molar-refractivity contribution < 1.29 is 0 Å². The highest BCUT2D eigenvalue weighted by Crippen LogP contribution is 2.31. The van der Waals surface area contributed by atoms with Crippen LogP contribution in [0.4, 0.5) is 0 Å². The van der Waals surface area contributed by atoms with E-state index in [-0.39, 0.29) is 0 Å². The maximum absolute atomic E-state index is 4.40. The summed E-state index contributed by atoms with van der Waals surface area (Å²) >= 11 is 0. The van der Waals surface area contributed by atoms with Crippen LogP contribution in [0.3, 0.4) is 0 Å². The SMILES string of the molecule is CC1C=C(c2ccncc2)c2nc[nH]c2C1. The summed E-state index contributed by atoms with van der Waals surface area (Å²) < 4.78 is 0. The van der Waals surface area contributed by atoms with Crippen LogP contribution >= 0.6 is 0 Å². The number of pyridine rings is 1. The van der Waals surface area contributed by atoms with E-state index in [1.807, 2.05) is 24.5 Å². The van der Waals surface area contributed by atoms with E-state index in [2.05, 4.69) is 28.0 Å². The second-order valence-electron chi connectivity index (χ2n) is 4.23. The fourth-order valence-electron chi connectivity index (χ4n) is 2.22. The van der Waals surface area contributed by atoms with Crippen LogP contribution in [0.25, 0.3) is 5.57 Å². The van der Waals surface area contributed by atoms with Gasteiger partial charge in [-0.05, 0) is 30.0 Å². The molecule has 2 aromatic heterocycles. The fourth-order valence-corrected chi connectivity index (χ4v) is 2.22. The Morgan fingerprint density at radius 3 is 2.94 bits per heavy atom. The van der Waals surface area contributed by atoms with Gasteiger partial charge in [0.15, 0.2) is 0 Å². The summed E-state index contributed by atoms with van der Waals surface area (Å²) in [6, 6.07) is 4.06. The monoisotopic (exact) mass is 211 g/mol. The predicted octanol–water partition coefficient (Wildman–Crippen LogP) is 2.43. The van der Waals surface area contributed by atoms with Crippen molar-refractivity contribution in [3.8, 4) is 0 Å². The zero-order valence-corrected chi connectivity index (χ0v) is 9.14. The van der Waals surface area contributed by atoms with Crippen LogP contribution in [0, 0.1) is 5.92 Å². The van der Waals surface area contributed by atoms with Crippen molar-refractivity contribution in [1.29, 1.82) is 0 Å². The molecule has 3 nitrogen and oxygen atoms in total. The highest BCUT2D eigenvalue weighted by molar-refractivity contribution is 5.80. The molecule has 0 fully saturated rings. The first-order valence-corrected chi connectivity index (χ1v) is 5.49. The van der Waals surface area contributed by atoms with Gasteiger partial charge in [0.25, 0.3) is 0 Å². The number of allylic oxidation sites excluding steroid dienone is 1. The zero-order valence-electron chi connectivity index (χ0n) is 9.14. The van der Waals surface area contributed by atoms with Gasteiger partial charge in [-0.3, -0.25) is 4.98 Å². The van der Waals surface area contributed by atoms with Gasteiger partial charge in [-0.25, -0.2) is 4.98 Å². The maximum atomic E-state index is 4.40. The molecule has 1 atom stereocenters. The normalized spacial score (nSPS) is 19.1. The third-order valence-corrected chi connectivity index (χ3v) is 2.94. The molecule has 0 radical (unpaired) electrons. The van der Waals surface area contributed by atoms with E-state index in [0.29, 0.717) is 5.92 Å². The fraction of sp³-hybridized carbons (Fsp3) is 0.231. The summed E-state index contributed by atoms with van der Waals surface area (Å²) in [5, 5.41) is 0. The quantitative estimate of drug-likeness (QED) is 0.787. The molecule has 0 aromatic carbocycles. The number of rotatable bonds is 1. The first-order valence-electron chi connectivity index (χ1n) is 5.49. The van der Waals surface area contributed by atoms with Gasteiger partial charge < -0.3 is 4.98 Å². The van der Waals surface area contributed by atoms with Gasteiger partial charge in [0.05, 0.1) is 12.0 Å². The van der Waals surface area contributed by atoms with Crippen LogP contribution in [0.5, 0.6) is 0 Å². The summed E-state index contributed by atoms with van der Waals surface area (Å²) in [7, 11) is 0. The first-order chi connectivity index (χ1) is 7.84. The molecule has 16 heavy (non-hydrogen) atoms. The number of fused-ring (bicyclic) bond motifs is 1. The van der Waals surface area contributed by atoms with Gasteiger partial charge in [-0.1, -0.05) is 13.0 Å². The van der Waals surface area contributed by atoms with Crippen LogP contribution in [-0.2, 0) is 6.42 Å². The zero-order chi connectivity index (χ0) is 11.0. The number of nitrogens with one attached hydrogen (secondary N) is 1. The van der Waals surface area contributed by atoms with Crippen molar-refractivity contribution >= 4 is 5.57 Å². The van der Waals surface area contributed by atoms with Crippen LogP contribution in [0.15, 0.2) is 36.9 Å². The van der Waals surface area contributed by atoms with Crippen molar-refractivity contribution in [3.63, 3.8) is 0 Å². The Bertz CT molecular complexity index is 525. The average molecular weight is 211 g/mol. The van der Waals surface area contributed by atoms with E-state index in [4.69, 9.17) is 0 Å². The molecule has 0 spiro atoms. The Morgan fingerprint density at radius 2 is 2.12 bits per heavy atom. The number of H-pyrrole nitrogens is 1. The Labute approximate surface area is 94.3 Å². The van der Waals surface area contributed by atoms with Crippen molar-refractivity contribution in [3.05, 3.63) is 53.9 Å². The minimum absolute atomic E-state index is 0.552. The number of aromatic amines is 1. The van der Waals surface area contributed by atoms with Crippen molar-refractivity contribution in [1.82, 2.24) is 15.0 Å². The first kappa shape index (κ1) is 9.33. The minimum Gasteiger partial charge on any atom is -0.348 e. The molecule has 3 heteroatoms. The second kappa shape index (κ2) is 3.59. The molecule has 0 amide bonds. The molecule has 1 aliphatic carbocycles. The van der Waals surface area contributed by atoms with Crippen molar-refractivity contribution in [2.45, 2.75) is 13.3 Å². The molecule has 0 bridgehead atoms. The van der Waals surface area contributed by atoms with Crippen molar-refractivity contribution in [2.24, 2.45) is 5.92 Å². The van der Waals surface area contributed by atoms with Crippen LogP contribution < -0.4 is 0 Å². The van der Waals surface area contributed by atoms with Crippen LogP contribution in [-0.4, -0.2) is 15.0 Å². The van der Waals surface area contributed by atoms with E-state index in [1.165, 1.54) is 16.8 Å². The summed E-state index contributed by atoms with van der Waals surface area (Å²) in [4.78, 5) is 11.7. The molecule has 80 valence electrons. The average Bonchev–Trinajstić information content (AvgIpc) is 2.77. The second-order valence-corrected chi connectivity index (χ2v) is 4.23. The van der Waals surface area contributed by atoms with Gasteiger partial charge in [0.2, 0.25) is 0 Å². The lowest BCUT2D eigenvalue weighted by molar-refractivity contribution is 0.699. The third kappa shape index (κ3) is 1.45. The summed E-state index contributed by atoms with van der Waals surface area (Å²) in [5.74, 6) is 0.552. The lowest BCUT2D eigenvalue weighted by atomic mass is 9.89. The van der Waals surface area contributed by atoms with Gasteiger partial charge in [0, 0.05) is 23.7 Å². The topological polar surface area (TPSA) is 41.6 Å². The van der Waals surface area contributed by atoms with Gasteiger partial charge in [-0.2, -0.15) is 0 Å². The highest BCUT2D eigenvalue weighted by Gasteiger charge is 2.19. The Balaban J connectivity index is 2.14. The Kier molecular flexibility index (Phi) is 2.10. The van der Waals surface area contributed by atoms with Crippen LogP contribution in [0.1, 0.15) is 23.9 Å². The van der Waals surface area contributed by atoms with Crippen molar-refractivity contribution in [2.75, 3.05) is 0 Å². The van der Waals surface area contributed by atoms with Gasteiger partial charge >= 0.3 is 0 Å². The summed E-state index contributed by atoms with van der Waals surface area (Å²) in [5.41, 5.74) is 4.73. The van der Waals surface area contributed by atoms with E-state index in [0.717, 1.165) is 12.1 Å². The van der Waals surface area contributed by atoms with E-state index >= 15 is 0 Å². The van der Waals surface area contributed by atoms with E-state index in [1.54, 1.807) is 6.33 Å². The standard InChI is InChI=1S/C13H13N3/c1-9-6-11(10-2-4-14-5-3-10)13-12(7-9)15-8-16-13/h2-6,8-9H,7H2,1H3,(H,15,16).